The van der Waals surface area contributed by atoms with Crippen LogP contribution in [0.4, 0.5) is 5.82 Å². The highest BCUT2D eigenvalue weighted by Gasteiger charge is 2.13. The van der Waals surface area contributed by atoms with Crippen LogP contribution in [-0.2, 0) is 6.42 Å². The van der Waals surface area contributed by atoms with Gasteiger partial charge >= 0.3 is 0 Å². The molecule has 7 heteroatoms. The van der Waals surface area contributed by atoms with E-state index in [-0.39, 0.29) is 5.75 Å². The number of aromatic hydroxyl groups is 1. The number of benzene rings is 1. The maximum absolute atomic E-state index is 10.3. The molecule has 0 bridgehead atoms. The highest BCUT2D eigenvalue weighted by Crippen LogP contribution is 2.28. The summed E-state index contributed by atoms with van der Waals surface area (Å²) in [5.41, 5.74) is 5.02. The van der Waals surface area contributed by atoms with Crippen molar-refractivity contribution < 1.29 is 5.11 Å². The van der Waals surface area contributed by atoms with E-state index in [0.717, 1.165) is 37.3 Å². The Morgan fingerprint density at radius 2 is 2.12 bits per heavy atom. The van der Waals surface area contributed by atoms with Crippen molar-refractivity contribution in [2.75, 3.05) is 25.5 Å². The molecule has 4 N–H and O–H groups in total. The zero-order chi connectivity index (χ0) is 17.5. The molecule has 0 atom stereocenters. The van der Waals surface area contributed by atoms with Gasteiger partial charge in [-0.05, 0) is 43.6 Å². The Bertz CT molecular complexity index is 710. The van der Waals surface area contributed by atoms with Crippen LogP contribution < -0.4 is 16.1 Å². The van der Waals surface area contributed by atoms with Crippen LogP contribution in [0.3, 0.4) is 0 Å². The van der Waals surface area contributed by atoms with E-state index < -0.39 is 0 Å². The van der Waals surface area contributed by atoms with Gasteiger partial charge in [0.25, 0.3) is 0 Å². The van der Waals surface area contributed by atoms with Crippen LogP contribution in [0.5, 0.6) is 5.75 Å². The number of hydrazone groups is 1. The highest BCUT2D eigenvalue weighted by atomic mass is 16.3. The Kier molecular flexibility index (Phi) is 5.79. The first kappa shape index (κ1) is 17.2. The summed E-state index contributed by atoms with van der Waals surface area (Å²) in [5, 5.41) is 21.0. The fourth-order valence-corrected chi connectivity index (χ4v) is 2.88. The van der Waals surface area contributed by atoms with Gasteiger partial charge in [-0.3, -0.25) is 4.98 Å². The molecule has 0 aliphatic carbocycles. The number of aromatic nitrogens is 2. The minimum Gasteiger partial charge on any atom is -0.507 e. The number of hydrogen-bond acceptors (Lipinski definition) is 7. The fraction of sp³-hybridized carbons (Fsp3) is 0.389. The summed E-state index contributed by atoms with van der Waals surface area (Å²) in [5.74, 6) is 0.971. The quantitative estimate of drug-likeness (QED) is 0.473. The molecular weight excluding hydrogens is 316 g/mol. The van der Waals surface area contributed by atoms with Crippen molar-refractivity contribution in [3.8, 4) is 17.0 Å². The summed E-state index contributed by atoms with van der Waals surface area (Å²) < 4.78 is 0. The Morgan fingerprint density at radius 1 is 1.28 bits per heavy atom. The van der Waals surface area contributed by atoms with Crippen molar-refractivity contribution in [1.82, 2.24) is 20.7 Å². The van der Waals surface area contributed by atoms with E-state index in [2.05, 4.69) is 31.1 Å². The molecule has 1 aromatic heterocycles. The minimum atomic E-state index is 0.198. The number of phenolic OH excluding ortho intramolecular Hbond substituents is 1. The molecule has 1 aromatic carbocycles. The van der Waals surface area contributed by atoms with E-state index in [9.17, 15) is 5.11 Å². The molecule has 0 unspecified atom stereocenters. The van der Waals surface area contributed by atoms with Crippen molar-refractivity contribution in [1.29, 1.82) is 0 Å². The number of rotatable bonds is 6. The van der Waals surface area contributed by atoms with Crippen LogP contribution in [0, 0.1) is 0 Å². The molecule has 2 aromatic rings. The molecule has 1 saturated heterocycles. The number of hydrogen-bond donors (Lipinski definition) is 4. The molecule has 0 radical (unpaired) electrons. The Labute approximate surface area is 147 Å². The number of nitrogens with zero attached hydrogens (tertiary/aromatic N) is 3. The summed E-state index contributed by atoms with van der Waals surface area (Å²) in [7, 11) is 1.75. The number of phenols is 1. The SMILES string of the molecule is CN/N=C\Cc1ccc(-c2cnc(NC3CCNCC3)cn2)c(O)c1. The van der Waals surface area contributed by atoms with Crippen molar-refractivity contribution in [2.45, 2.75) is 25.3 Å². The summed E-state index contributed by atoms with van der Waals surface area (Å²) in [6.45, 7) is 2.06. The number of piperidine rings is 1. The van der Waals surface area contributed by atoms with Crippen LogP contribution in [0.25, 0.3) is 11.3 Å². The van der Waals surface area contributed by atoms with Gasteiger partial charge in [0.1, 0.15) is 11.6 Å². The van der Waals surface area contributed by atoms with Crippen LogP contribution in [0.1, 0.15) is 18.4 Å². The predicted octanol–water partition coefficient (Wildman–Crippen LogP) is 1.76. The van der Waals surface area contributed by atoms with Crippen LogP contribution in [0.2, 0.25) is 0 Å². The molecule has 7 nitrogen and oxygen atoms in total. The van der Waals surface area contributed by atoms with Gasteiger partial charge in [-0.15, -0.1) is 0 Å². The third-order valence-electron chi connectivity index (χ3n) is 4.23. The molecular formula is C18H24N6O. The first-order chi connectivity index (χ1) is 12.3. The van der Waals surface area contributed by atoms with E-state index in [1.807, 2.05) is 12.1 Å². The van der Waals surface area contributed by atoms with Crippen molar-refractivity contribution >= 4 is 12.0 Å². The van der Waals surface area contributed by atoms with E-state index in [0.29, 0.717) is 23.7 Å². The molecule has 132 valence electrons. The van der Waals surface area contributed by atoms with Gasteiger partial charge in [0, 0.05) is 31.3 Å². The molecule has 0 spiro atoms. The topological polar surface area (TPSA) is 94.5 Å². The van der Waals surface area contributed by atoms with Crippen molar-refractivity contribution in [3.05, 3.63) is 36.2 Å². The van der Waals surface area contributed by atoms with Gasteiger partial charge in [0.05, 0.1) is 18.1 Å². The lowest BCUT2D eigenvalue weighted by atomic mass is 10.1. The van der Waals surface area contributed by atoms with Gasteiger partial charge in [-0.2, -0.15) is 5.10 Å². The summed E-state index contributed by atoms with van der Waals surface area (Å²) in [6.07, 6.45) is 8.00. The number of nitrogens with one attached hydrogen (secondary N) is 3. The van der Waals surface area contributed by atoms with E-state index >= 15 is 0 Å². The second-order valence-corrected chi connectivity index (χ2v) is 6.05. The molecule has 1 aliphatic rings. The molecule has 3 rings (SSSR count). The average molecular weight is 340 g/mol. The molecule has 1 aliphatic heterocycles. The normalized spacial score (nSPS) is 15.4. The lowest BCUT2D eigenvalue weighted by Gasteiger charge is -2.23. The smallest absolute Gasteiger partial charge is 0.144 e. The Morgan fingerprint density at radius 3 is 2.80 bits per heavy atom. The number of anilines is 1. The standard InChI is InChI=1S/C18H24N6O/c1-19-23-9-4-13-2-3-15(17(25)10-13)16-11-22-18(12-21-16)24-14-5-7-20-8-6-14/h2-3,9-12,14,19-20,25H,4-8H2,1H3,(H,22,24)/b23-9-. The van der Waals surface area contributed by atoms with E-state index in [1.54, 1.807) is 31.7 Å². The van der Waals surface area contributed by atoms with Crippen molar-refractivity contribution in [2.24, 2.45) is 5.10 Å². The summed E-state index contributed by atoms with van der Waals surface area (Å²) >= 11 is 0. The van der Waals surface area contributed by atoms with Crippen LogP contribution in [0.15, 0.2) is 35.7 Å². The largest absolute Gasteiger partial charge is 0.507 e. The zero-order valence-corrected chi connectivity index (χ0v) is 14.4. The molecule has 1 fully saturated rings. The van der Waals surface area contributed by atoms with Gasteiger partial charge in [0.2, 0.25) is 0 Å². The predicted molar refractivity (Wildman–Crippen MR) is 99.9 cm³/mol. The molecule has 25 heavy (non-hydrogen) atoms. The third-order valence-corrected chi connectivity index (χ3v) is 4.23. The summed E-state index contributed by atoms with van der Waals surface area (Å²) in [4.78, 5) is 8.88. The third kappa shape index (κ3) is 4.67. The van der Waals surface area contributed by atoms with E-state index in [4.69, 9.17) is 0 Å². The second kappa shape index (κ2) is 8.43. The maximum Gasteiger partial charge on any atom is 0.144 e. The van der Waals surface area contributed by atoms with Gasteiger partial charge in [0.15, 0.2) is 0 Å². The van der Waals surface area contributed by atoms with Gasteiger partial charge in [-0.1, -0.05) is 6.07 Å². The van der Waals surface area contributed by atoms with Crippen LogP contribution in [-0.4, -0.2) is 47.5 Å². The molecule has 2 heterocycles. The lowest BCUT2D eigenvalue weighted by molar-refractivity contribution is 0.476. The van der Waals surface area contributed by atoms with Gasteiger partial charge in [-0.25, -0.2) is 4.98 Å². The first-order valence-electron chi connectivity index (χ1n) is 8.56. The monoisotopic (exact) mass is 340 g/mol. The summed E-state index contributed by atoms with van der Waals surface area (Å²) in [6, 6.07) is 6.00. The van der Waals surface area contributed by atoms with Gasteiger partial charge < -0.3 is 21.2 Å². The lowest BCUT2D eigenvalue weighted by Crippen LogP contribution is -2.35. The average Bonchev–Trinajstić information content (AvgIpc) is 2.64. The maximum atomic E-state index is 10.3. The second-order valence-electron chi connectivity index (χ2n) is 6.05. The van der Waals surface area contributed by atoms with E-state index in [1.165, 1.54) is 0 Å². The highest BCUT2D eigenvalue weighted by molar-refractivity contribution is 5.69. The Hall–Kier alpha value is -2.67. The van der Waals surface area contributed by atoms with Crippen LogP contribution >= 0.6 is 0 Å². The Balaban J connectivity index is 1.67. The first-order valence-corrected chi connectivity index (χ1v) is 8.56. The minimum absolute atomic E-state index is 0.198. The fourth-order valence-electron chi connectivity index (χ4n) is 2.88. The molecule has 0 saturated carbocycles. The van der Waals surface area contributed by atoms with Crippen molar-refractivity contribution in [3.63, 3.8) is 0 Å². The molecule has 0 amide bonds. The zero-order valence-electron chi connectivity index (χ0n) is 14.4.